The van der Waals surface area contributed by atoms with Crippen LogP contribution in [0.2, 0.25) is 5.54 Å². The van der Waals surface area contributed by atoms with Crippen LogP contribution in [0.5, 0.6) is 0 Å². The lowest BCUT2D eigenvalue weighted by atomic mass is 10.4. The molecule has 0 radical (unpaired) electrons. The highest BCUT2D eigenvalue weighted by Gasteiger charge is 2.43. The Morgan fingerprint density at radius 1 is 0.778 bits per heavy atom. The molecular formula is C14H30O3Si. The first-order valence-corrected chi connectivity index (χ1v) is 10.2. The fraction of sp³-hybridized carbons (Fsp3) is 1.00. The molecule has 1 rings (SSSR count). The van der Waals surface area contributed by atoms with Crippen LogP contribution < -0.4 is 0 Å². The molecule has 0 aromatic rings. The van der Waals surface area contributed by atoms with Gasteiger partial charge in [-0.05, 0) is 26.3 Å². The zero-order valence-electron chi connectivity index (χ0n) is 12.4. The third kappa shape index (κ3) is 4.65. The lowest BCUT2D eigenvalue weighted by Crippen LogP contribution is -2.54. The molecule has 1 fully saturated rings. The summed E-state index contributed by atoms with van der Waals surface area (Å²) < 4.78 is 17.4. The summed E-state index contributed by atoms with van der Waals surface area (Å²) in [7, 11) is -1.59. The van der Waals surface area contributed by atoms with Crippen LogP contribution in [0.4, 0.5) is 0 Å². The summed E-state index contributed by atoms with van der Waals surface area (Å²) in [5.41, 5.74) is 0.835. The quantitative estimate of drug-likeness (QED) is 0.573. The second kappa shape index (κ2) is 9.07. The van der Waals surface area contributed by atoms with Gasteiger partial charge < -0.3 is 14.2 Å². The molecule has 4 heteroatoms. The van der Waals surface area contributed by atoms with Gasteiger partial charge in [0.15, 0.2) is 0 Å². The Morgan fingerprint density at radius 3 is 1.50 bits per heavy atom. The Morgan fingerprint density at radius 2 is 1.17 bits per heavy atom. The second-order valence-corrected chi connectivity index (χ2v) is 9.66. The maximum Gasteiger partial charge on any atom is 0.143 e. The van der Waals surface area contributed by atoms with Gasteiger partial charge in [0.1, 0.15) is 8.07 Å². The molecule has 0 spiro atoms. The third-order valence-electron chi connectivity index (χ3n) is 4.00. The molecule has 108 valence electrons. The number of rotatable bonds is 10. The van der Waals surface area contributed by atoms with Gasteiger partial charge in [0, 0.05) is 38.5 Å². The summed E-state index contributed by atoms with van der Waals surface area (Å²) >= 11 is 0. The zero-order chi connectivity index (χ0) is 13.3. The van der Waals surface area contributed by atoms with Gasteiger partial charge in [-0.15, -0.1) is 0 Å². The third-order valence-corrected chi connectivity index (χ3v) is 8.65. The minimum absolute atomic E-state index is 0.805. The van der Waals surface area contributed by atoms with E-state index in [1.807, 2.05) is 0 Å². The Bertz CT molecular complexity index is 183. The number of hydrogen-bond acceptors (Lipinski definition) is 3. The Hall–Kier alpha value is 0.0969. The van der Waals surface area contributed by atoms with Crippen LogP contribution in [0.15, 0.2) is 0 Å². The van der Waals surface area contributed by atoms with Crippen LogP contribution in [-0.4, -0.2) is 46.6 Å². The van der Waals surface area contributed by atoms with Crippen LogP contribution >= 0.6 is 0 Å². The molecule has 0 bridgehead atoms. The maximum atomic E-state index is 5.81. The van der Waals surface area contributed by atoms with Crippen molar-refractivity contribution < 1.29 is 14.2 Å². The molecule has 1 aliphatic rings. The van der Waals surface area contributed by atoms with Crippen molar-refractivity contribution in [3.8, 4) is 0 Å². The van der Waals surface area contributed by atoms with Crippen LogP contribution in [0.25, 0.3) is 0 Å². The first-order valence-electron chi connectivity index (χ1n) is 7.52. The van der Waals surface area contributed by atoms with E-state index >= 15 is 0 Å². The van der Waals surface area contributed by atoms with Gasteiger partial charge in [-0.1, -0.05) is 25.7 Å². The highest BCUT2D eigenvalue weighted by molar-refractivity contribution is 6.81. The molecule has 0 N–H and O–H groups in total. The van der Waals surface area contributed by atoms with Gasteiger partial charge in [0.05, 0.1) is 0 Å². The number of hydrogen-bond donors (Lipinski definition) is 0. The summed E-state index contributed by atoms with van der Waals surface area (Å²) in [5, 5.41) is 0. The molecule has 18 heavy (non-hydrogen) atoms. The Labute approximate surface area is 113 Å². The Balaban J connectivity index is 2.68. The molecule has 0 unspecified atom stereocenters. The van der Waals surface area contributed by atoms with Crippen LogP contribution in [0, 0.1) is 0 Å². The lowest BCUT2D eigenvalue weighted by molar-refractivity contribution is 0.135. The van der Waals surface area contributed by atoms with E-state index in [1.165, 1.54) is 25.7 Å². The summed E-state index contributed by atoms with van der Waals surface area (Å²) in [5.74, 6) is 0. The fourth-order valence-corrected chi connectivity index (χ4v) is 7.35. The minimum Gasteiger partial charge on any atom is -0.385 e. The van der Waals surface area contributed by atoms with Crippen molar-refractivity contribution in [3.63, 3.8) is 0 Å². The van der Waals surface area contributed by atoms with Crippen molar-refractivity contribution in [1.29, 1.82) is 0 Å². The first kappa shape index (κ1) is 16.2. The predicted molar refractivity (Wildman–Crippen MR) is 77.5 cm³/mol. The van der Waals surface area contributed by atoms with Crippen LogP contribution in [0.1, 0.15) is 46.5 Å². The molecule has 0 aromatic carbocycles. The van der Waals surface area contributed by atoms with Gasteiger partial charge in [0.25, 0.3) is 0 Å². The highest BCUT2D eigenvalue weighted by Crippen LogP contribution is 2.39. The van der Waals surface area contributed by atoms with Crippen molar-refractivity contribution in [2.24, 2.45) is 0 Å². The van der Waals surface area contributed by atoms with Crippen molar-refractivity contribution in [2.75, 3.05) is 38.5 Å². The predicted octanol–water partition coefficient (Wildman–Crippen LogP) is 3.11. The van der Waals surface area contributed by atoms with Gasteiger partial charge in [0.2, 0.25) is 0 Å². The molecule has 0 aliphatic heterocycles. The Kier molecular flexibility index (Phi) is 8.14. The van der Waals surface area contributed by atoms with E-state index < -0.39 is 8.07 Å². The minimum atomic E-state index is -1.59. The van der Waals surface area contributed by atoms with E-state index in [4.69, 9.17) is 14.2 Å². The van der Waals surface area contributed by atoms with Crippen molar-refractivity contribution >= 4 is 8.07 Å². The van der Waals surface area contributed by atoms with Gasteiger partial charge in [-0.25, -0.2) is 0 Å². The van der Waals surface area contributed by atoms with Gasteiger partial charge in [-0.3, -0.25) is 0 Å². The molecule has 1 saturated carbocycles. The second-order valence-electron chi connectivity index (χ2n) is 5.26. The standard InChI is InChI=1S/C14H30O3Si/c1-4-15-11-18(12-16-5-2,13-17-6-3)14-9-7-8-10-14/h14H,4-13H2,1-3H3. The van der Waals surface area contributed by atoms with Gasteiger partial charge >= 0.3 is 0 Å². The van der Waals surface area contributed by atoms with Crippen LogP contribution in [-0.2, 0) is 14.2 Å². The first-order chi connectivity index (χ1) is 8.79. The molecule has 3 nitrogen and oxygen atoms in total. The highest BCUT2D eigenvalue weighted by atomic mass is 28.3. The van der Waals surface area contributed by atoms with E-state index in [1.54, 1.807) is 0 Å². The summed E-state index contributed by atoms with van der Waals surface area (Å²) in [6.45, 7) is 8.65. The maximum absolute atomic E-state index is 5.81. The molecule has 0 saturated heterocycles. The molecule has 0 amide bonds. The van der Waals surface area contributed by atoms with Crippen molar-refractivity contribution in [2.45, 2.75) is 52.0 Å². The average Bonchev–Trinajstić information content (AvgIpc) is 2.93. The van der Waals surface area contributed by atoms with E-state index in [0.717, 1.165) is 44.1 Å². The zero-order valence-corrected chi connectivity index (χ0v) is 13.4. The SMILES string of the molecule is CCOC[Si](COCC)(COCC)C1CCCC1. The van der Waals surface area contributed by atoms with E-state index in [-0.39, 0.29) is 0 Å². The smallest absolute Gasteiger partial charge is 0.143 e. The molecule has 0 aromatic heterocycles. The summed E-state index contributed by atoms with van der Waals surface area (Å²) in [4.78, 5) is 0. The van der Waals surface area contributed by atoms with Gasteiger partial charge in [-0.2, -0.15) is 0 Å². The van der Waals surface area contributed by atoms with E-state index in [2.05, 4.69) is 20.8 Å². The molecule has 0 heterocycles. The fourth-order valence-electron chi connectivity index (χ4n) is 2.93. The number of ether oxygens (including phenoxy) is 3. The van der Waals surface area contributed by atoms with Crippen LogP contribution in [0.3, 0.4) is 0 Å². The van der Waals surface area contributed by atoms with E-state index in [9.17, 15) is 0 Å². The molecular weight excluding hydrogens is 244 g/mol. The van der Waals surface area contributed by atoms with Crippen molar-refractivity contribution in [3.05, 3.63) is 0 Å². The lowest BCUT2D eigenvalue weighted by Gasteiger charge is -2.36. The average molecular weight is 274 g/mol. The normalized spacial score (nSPS) is 17.5. The van der Waals surface area contributed by atoms with Crippen molar-refractivity contribution in [1.82, 2.24) is 0 Å². The monoisotopic (exact) mass is 274 g/mol. The van der Waals surface area contributed by atoms with E-state index in [0.29, 0.717) is 0 Å². The topological polar surface area (TPSA) is 27.7 Å². The molecule has 1 aliphatic carbocycles. The largest absolute Gasteiger partial charge is 0.385 e. The summed E-state index contributed by atoms with van der Waals surface area (Å²) in [6.07, 6.45) is 8.21. The summed E-state index contributed by atoms with van der Waals surface area (Å²) in [6, 6.07) is 0. The molecule has 0 atom stereocenters.